The van der Waals surface area contributed by atoms with Gasteiger partial charge < -0.3 is 5.73 Å². The third-order valence-electron chi connectivity index (χ3n) is 3.38. The molecule has 0 bridgehead atoms. The Hall–Kier alpha value is -2.63. The maximum Gasteiger partial charge on any atom is 0.261 e. The third kappa shape index (κ3) is 2.16. The highest BCUT2D eigenvalue weighted by Crippen LogP contribution is 2.11. The van der Waals surface area contributed by atoms with E-state index >= 15 is 0 Å². The van der Waals surface area contributed by atoms with E-state index in [1.54, 1.807) is 40.0 Å². The number of aryl methyl sites for hydroxylation is 3. The Labute approximate surface area is 115 Å². The number of nitrogens with zero attached hydrogens (tertiary/aromatic N) is 4. The number of aromatic nitrogens is 4. The summed E-state index contributed by atoms with van der Waals surface area (Å²) in [5, 5.41) is 4.66. The van der Waals surface area contributed by atoms with Crippen LogP contribution in [-0.4, -0.2) is 19.3 Å². The normalized spacial score (nSPS) is 11.1. The van der Waals surface area contributed by atoms with Gasteiger partial charge in [0.15, 0.2) is 0 Å². The van der Waals surface area contributed by atoms with Crippen LogP contribution in [0.4, 0.5) is 5.69 Å². The van der Waals surface area contributed by atoms with Crippen LogP contribution in [0.1, 0.15) is 5.69 Å². The number of rotatable bonds is 3. The van der Waals surface area contributed by atoms with Crippen molar-refractivity contribution in [3.05, 3.63) is 52.8 Å². The first kappa shape index (κ1) is 12.4. The molecule has 0 aliphatic carbocycles. The lowest BCUT2D eigenvalue weighted by Crippen LogP contribution is -2.22. The maximum atomic E-state index is 12.4. The predicted molar refractivity (Wildman–Crippen MR) is 77.3 cm³/mol. The second-order valence-corrected chi connectivity index (χ2v) is 4.72. The number of nitrogens with two attached hydrogens (primary N) is 1. The number of benzene rings is 1. The molecule has 0 saturated carbocycles. The molecule has 102 valence electrons. The molecule has 1 aromatic carbocycles. The lowest BCUT2D eigenvalue weighted by atomic mass is 10.2. The zero-order chi connectivity index (χ0) is 14.1. The van der Waals surface area contributed by atoms with E-state index in [0.717, 1.165) is 12.1 Å². The molecule has 0 radical (unpaired) electrons. The van der Waals surface area contributed by atoms with E-state index in [1.807, 2.05) is 13.1 Å². The third-order valence-corrected chi connectivity index (χ3v) is 3.38. The standard InChI is InChI=1S/C14H15N5O/c1-18-11(4-6-17-18)5-7-19-9-16-13-3-2-10(15)8-12(13)14(19)20/h2-4,6,8-9H,5,7,15H2,1H3. The Morgan fingerprint density at radius 1 is 1.30 bits per heavy atom. The van der Waals surface area contributed by atoms with E-state index in [9.17, 15) is 4.79 Å². The Bertz CT molecular complexity index is 818. The first-order chi connectivity index (χ1) is 9.65. The van der Waals surface area contributed by atoms with Crippen molar-refractivity contribution in [2.24, 2.45) is 7.05 Å². The van der Waals surface area contributed by atoms with Crippen molar-refractivity contribution in [1.82, 2.24) is 19.3 Å². The lowest BCUT2D eigenvalue weighted by molar-refractivity contribution is 0.618. The Balaban J connectivity index is 1.94. The van der Waals surface area contributed by atoms with Crippen molar-refractivity contribution < 1.29 is 0 Å². The zero-order valence-corrected chi connectivity index (χ0v) is 11.2. The number of fused-ring (bicyclic) bond motifs is 1. The molecule has 0 aliphatic heterocycles. The zero-order valence-electron chi connectivity index (χ0n) is 11.2. The number of hydrogen-bond acceptors (Lipinski definition) is 4. The maximum absolute atomic E-state index is 12.4. The largest absolute Gasteiger partial charge is 0.399 e. The van der Waals surface area contributed by atoms with E-state index in [1.165, 1.54) is 0 Å². The smallest absolute Gasteiger partial charge is 0.261 e. The van der Waals surface area contributed by atoms with E-state index in [-0.39, 0.29) is 5.56 Å². The van der Waals surface area contributed by atoms with Gasteiger partial charge in [0.25, 0.3) is 5.56 Å². The minimum Gasteiger partial charge on any atom is -0.399 e. The van der Waals surface area contributed by atoms with Crippen LogP contribution in [0.5, 0.6) is 0 Å². The van der Waals surface area contributed by atoms with Gasteiger partial charge in [-0.3, -0.25) is 14.0 Å². The van der Waals surface area contributed by atoms with Crippen LogP contribution in [0, 0.1) is 0 Å². The SMILES string of the molecule is Cn1nccc1CCn1cnc2ccc(N)cc2c1=O. The Morgan fingerprint density at radius 2 is 2.15 bits per heavy atom. The molecule has 0 fully saturated rings. The van der Waals surface area contributed by atoms with Crippen molar-refractivity contribution >= 4 is 16.6 Å². The molecule has 20 heavy (non-hydrogen) atoms. The van der Waals surface area contributed by atoms with Crippen molar-refractivity contribution in [1.29, 1.82) is 0 Å². The van der Waals surface area contributed by atoms with Gasteiger partial charge >= 0.3 is 0 Å². The molecule has 6 heteroatoms. The molecule has 2 aromatic heterocycles. The summed E-state index contributed by atoms with van der Waals surface area (Å²) >= 11 is 0. The van der Waals surface area contributed by atoms with Gasteiger partial charge in [-0.1, -0.05) is 0 Å². The molecule has 0 saturated heterocycles. The molecular weight excluding hydrogens is 254 g/mol. The fourth-order valence-electron chi connectivity index (χ4n) is 2.22. The van der Waals surface area contributed by atoms with Crippen molar-refractivity contribution in [2.75, 3.05) is 5.73 Å². The fourth-order valence-corrected chi connectivity index (χ4v) is 2.22. The van der Waals surface area contributed by atoms with Crippen LogP contribution in [-0.2, 0) is 20.0 Å². The van der Waals surface area contributed by atoms with Gasteiger partial charge in [0.05, 0.1) is 17.2 Å². The van der Waals surface area contributed by atoms with Crippen LogP contribution in [0.3, 0.4) is 0 Å². The van der Waals surface area contributed by atoms with Crippen molar-refractivity contribution in [3.63, 3.8) is 0 Å². The fraction of sp³-hybridized carbons (Fsp3) is 0.214. The van der Waals surface area contributed by atoms with Gasteiger partial charge in [0, 0.05) is 37.6 Å². The molecule has 0 spiro atoms. The van der Waals surface area contributed by atoms with Gasteiger partial charge in [-0.05, 0) is 24.3 Å². The highest BCUT2D eigenvalue weighted by Gasteiger charge is 2.05. The molecule has 0 unspecified atom stereocenters. The summed E-state index contributed by atoms with van der Waals surface area (Å²) in [5.41, 5.74) is 7.97. The molecule has 0 amide bonds. The van der Waals surface area contributed by atoms with Gasteiger partial charge in [0.2, 0.25) is 0 Å². The molecule has 6 nitrogen and oxygen atoms in total. The second-order valence-electron chi connectivity index (χ2n) is 4.72. The van der Waals surface area contributed by atoms with E-state index in [0.29, 0.717) is 23.1 Å². The average molecular weight is 269 g/mol. The van der Waals surface area contributed by atoms with Gasteiger partial charge in [-0.2, -0.15) is 5.10 Å². The number of hydrogen-bond donors (Lipinski definition) is 1. The summed E-state index contributed by atoms with van der Waals surface area (Å²) in [6.07, 6.45) is 4.06. The molecular formula is C14H15N5O. The predicted octanol–water partition coefficient (Wildman–Crippen LogP) is 0.955. The number of anilines is 1. The molecule has 0 aliphatic rings. The summed E-state index contributed by atoms with van der Waals surface area (Å²) in [6, 6.07) is 7.12. The first-order valence-corrected chi connectivity index (χ1v) is 6.37. The molecule has 3 rings (SSSR count). The van der Waals surface area contributed by atoms with E-state index in [4.69, 9.17) is 5.73 Å². The van der Waals surface area contributed by atoms with Crippen molar-refractivity contribution in [2.45, 2.75) is 13.0 Å². The topological polar surface area (TPSA) is 78.7 Å². The van der Waals surface area contributed by atoms with Crippen LogP contribution >= 0.6 is 0 Å². The summed E-state index contributed by atoms with van der Waals surface area (Å²) in [7, 11) is 1.89. The van der Waals surface area contributed by atoms with Crippen LogP contribution in [0.25, 0.3) is 10.9 Å². The van der Waals surface area contributed by atoms with Crippen LogP contribution < -0.4 is 11.3 Å². The second kappa shape index (κ2) is 4.80. The van der Waals surface area contributed by atoms with Gasteiger partial charge in [-0.15, -0.1) is 0 Å². The summed E-state index contributed by atoms with van der Waals surface area (Å²) in [6.45, 7) is 0.566. The highest BCUT2D eigenvalue weighted by atomic mass is 16.1. The van der Waals surface area contributed by atoms with Crippen molar-refractivity contribution in [3.8, 4) is 0 Å². The first-order valence-electron chi connectivity index (χ1n) is 6.37. The lowest BCUT2D eigenvalue weighted by Gasteiger charge is -2.07. The number of nitrogen functional groups attached to an aromatic ring is 1. The summed E-state index contributed by atoms with van der Waals surface area (Å²) < 4.78 is 3.41. The monoisotopic (exact) mass is 269 g/mol. The molecule has 0 atom stereocenters. The van der Waals surface area contributed by atoms with Crippen LogP contribution in [0.2, 0.25) is 0 Å². The molecule has 2 N–H and O–H groups in total. The quantitative estimate of drug-likeness (QED) is 0.718. The summed E-state index contributed by atoms with van der Waals surface area (Å²) in [5.74, 6) is 0. The van der Waals surface area contributed by atoms with E-state index in [2.05, 4.69) is 10.1 Å². The molecule has 3 aromatic rings. The minimum atomic E-state index is -0.0653. The molecule has 2 heterocycles. The minimum absolute atomic E-state index is 0.0653. The van der Waals surface area contributed by atoms with E-state index < -0.39 is 0 Å². The van der Waals surface area contributed by atoms with Gasteiger partial charge in [-0.25, -0.2) is 4.98 Å². The highest BCUT2D eigenvalue weighted by molar-refractivity contribution is 5.80. The summed E-state index contributed by atoms with van der Waals surface area (Å²) in [4.78, 5) is 16.7. The Morgan fingerprint density at radius 3 is 2.90 bits per heavy atom. The average Bonchev–Trinajstić information content (AvgIpc) is 2.84. The van der Waals surface area contributed by atoms with Gasteiger partial charge in [0.1, 0.15) is 0 Å². The van der Waals surface area contributed by atoms with Crippen LogP contribution in [0.15, 0.2) is 41.6 Å². The Kier molecular flexibility index (Phi) is 2.98.